The highest BCUT2D eigenvalue weighted by molar-refractivity contribution is 9.10. The van der Waals surface area contributed by atoms with Gasteiger partial charge in [0.25, 0.3) is 0 Å². The number of hydrogen-bond donors (Lipinski definition) is 1. The summed E-state index contributed by atoms with van der Waals surface area (Å²) in [6.07, 6.45) is 3.27. The van der Waals surface area contributed by atoms with Crippen LogP contribution in [0.4, 0.5) is 0 Å². The van der Waals surface area contributed by atoms with E-state index in [-0.39, 0.29) is 29.3 Å². The van der Waals surface area contributed by atoms with E-state index in [1.807, 2.05) is 38.1 Å². The normalized spacial score (nSPS) is 15.7. The lowest BCUT2D eigenvalue weighted by Crippen LogP contribution is -2.36. The molecular weight excluding hydrogens is 384 g/mol. The average molecular weight is 401 g/mol. The summed E-state index contributed by atoms with van der Waals surface area (Å²) in [5.41, 5.74) is 0.653. The molecule has 0 bridgehead atoms. The third kappa shape index (κ3) is 3.82. The molecule has 1 heterocycles. The topological polar surface area (TPSA) is 63.6 Å². The number of allylic oxidation sites excluding steroid dienone is 1. The Bertz CT molecular complexity index is 879. The zero-order valence-electron chi connectivity index (χ0n) is 13.9. The van der Waals surface area contributed by atoms with E-state index in [2.05, 4.69) is 15.9 Å². The quantitative estimate of drug-likeness (QED) is 0.593. The highest BCUT2D eigenvalue weighted by atomic mass is 79.9. The predicted octanol–water partition coefficient (Wildman–Crippen LogP) is 4.79. The summed E-state index contributed by atoms with van der Waals surface area (Å²) >= 11 is 3.35. The maximum absolute atomic E-state index is 12.4. The van der Waals surface area contributed by atoms with E-state index in [4.69, 9.17) is 4.74 Å². The van der Waals surface area contributed by atoms with E-state index >= 15 is 0 Å². The number of benzene rings is 2. The molecule has 0 amide bonds. The summed E-state index contributed by atoms with van der Waals surface area (Å²) in [6, 6.07) is 10.2. The number of ether oxygens (including phenoxy) is 1. The van der Waals surface area contributed by atoms with Crippen molar-refractivity contribution >= 4 is 33.6 Å². The number of phenolic OH excluding ortho intramolecular Hbond substituents is 1. The van der Waals surface area contributed by atoms with Crippen molar-refractivity contribution in [2.24, 2.45) is 0 Å². The number of Topliss-reactive ketones (excluding diaryl/α,β-unsaturated/α-hetero) is 1. The molecule has 2 aromatic rings. The molecule has 128 valence electrons. The summed E-state index contributed by atoms with van der Waals surface area (Å²) in [4.78, 5) is 24.7. The van der Waals surface area contributed by atoms with Gasteiger partial charge in [0.1, 0.15) is 17.1 Å². The Balaban J connectivity index is 1.90. The summed E-state index contributed by atoms with van der Waals surface area (Å²) in [5, 5.41) is 10.2. The van der Waals surface area contributed by atoms with Crippen LogP contribution in [0.25, 0.3) is 6.08 Å². The van der Waals surface area contributed by atoms with Crippen LogP contribution in [-0.4, -0.2) is 22.3 Å². The van der Waals surface area contributed by atoms with Crippen molar-refractivity contribution in [3.05, 3.63) is 63.6 Å². The number of halogens is 1. The van der Waals surface area contributed by atoms with Gasteiger partial charge in [-0.2, -0.15) is 0 Å². The Morgan fingerprint density at radius 1 is 1.24 bits per heavy atom. The van der Waals surface area contributed by atoms with Crippen molar-refractivity contribution in [3.63, 3.8) is 0 Å². The molecule has 0 atom stereocenters. The standard InChI is InChI=1S/C20H17BrO4/c1-20(2)11-18(24)15-9-14(17(23)10-19(15)25-20)16(22)8-5-12-3-6-13(21)7-4-12/h3-10,23H,11H2,1-2H3/b8-5+. The summed E-state index contributed by atoms with van der Waals surface area (Å²) < 4.78 is 6.68. The van der Waals surface area contributed by atoms with Gasteiger partial charge >= 0.3 is 0 Å². The first-order valence-electron chi connectivity index (χ1n) is 7.82. The van der Waals surface area contributed by atoms with E-state index in [1.165, 1.54) is 18.2 Å². The van der Waals surface area contributed by atoms with Crippen LogP contribution < -0.4 is 4.74 Å². The maximum atomic E-state index is 12.4. The van der Waals surface area contributed by atoms with Crippen molar-refractivity contribution in [1.29, 1.82) is 0 Å². The van der Waals surface area contributed by atoms with Gasteiger partial charge in [-0.3, -0.25) is 9.59 Å². The molecule has 0 fully saturated rings. The van der Waals surface area contributed by atoms with Crippen LogP contribution in [0, 0.1) is 0 Å². The first-order valence-corrected chi connectivity index (χ1v) is 8.62. The molecule has 1 aliphatic heterocycles. The molecule has 0 spiro atoms. The van der Waals surface area contributed by atoms with Gasteiger partial charge in [-0.1, -0.05) is 34.1 Å². The van der Waals surface area contributed by atoms with Crippen LogP contribution in [0.1, 0.15) is 46.5 Å². The molecule has 2 aromatic carbocycles. The zero-order chi connectivity index (χ0) is 18.2. The van der Waals surface area contributed by atoms with Crippen LogP contribution in [0.2, 0.25) is 0 Å². The van der Waals surface area contributed by atoms with Gasteiger partial charge in [-0.15, -0.1) is 0 Å². The molecule has 0 unspecified atom stereocenters. The smallest absolute Gasteiger partial charge is 0.189 e. The van der Waals surface area contributed by atoms with Crippen molar-refractivity contribution in [2.75, 3.05) is 0 Å². The fourth-order valence-corrected chi connectivity index (χ4v) is 2.98. The Morgan fingerprint density at radius 3 is 2.60 bits per heavy atom. The van der Waals surface area contributed by atoms with E-state index in [9.17, 15) is 14.7 Å². The SMILES string of the molecule is CC1(C)CC(=O)c2cc(C(=O)/C=C/c3ccc(Br)cc3)c(O)cc2O1. The van der Waals surface area contributed by atoms with Crippen LogP contribution in [0.3, 0.4) is 0 Å². The van der Waals surface area contributed by atoms with Gasteiger partial charge in [-0.05, 0) is 43.7 Å². The minimum Gasteiger partial charge on any atom is -0.507 e. The lowest BCUT2D eigenvalue weighted by molar-refractivity contribution is 0.0619. The lowest BCUT2D eigenvalue weighted by atomic mass is 9.91. The second kappa shape index (κ2) is 6.48. The fourth-order valence-electron chi connectivity index (χ4n) is 2.72. The molecule has 3 rings (SSSR count). The van der Waals surface area contributed by atoms with Crippen molar-refractivity contribution < 1.29 is 19.4 Å². The maximum Gasteiger partial charge on any atom is 0.189 e. The van der Waals surface area contributed by atoms with Gasteiger partial charge in [-0.25, -0.2) is 0 Å². The molecule has 4 nitrogen and oxygen atoms in total. The molecule has 0 saturated heterocycles. The summed E-state index contributed by atoms with van der Waals surface area (Å²) in [7, 11) is 0. The molecule has 0 saturated carbocycles. The zero-order valence-corrected chi connectivity index (χ0v) is 15.5. The third-order valence-corrected chi connectivity index (χ3v) is 4.46. The van der Waals surface area contributed by atoms with Crippen molar-refractivity contribution in [2.45, 2.75) is 25.9 Å². The predicted molar refractivity (Wildman–Crippen MR) is 99.3 cm³/mol. The number of ketones is 2. The monoisotopic (exact) mass is 400 g/mol. The van der Waals surface area contributed by atoms with Crippen LogP contribution >= 0.6 is 15.9 Å². The Morgan fingerprint density at radius 2 is 1.92 bits per heavy atom. The lowest BCUT2D eigenvalue weighted by Gasteiger charge is -2.31. The molecule has 0 radical (unpaired) electrons. The molecule has 1 aliphatic rings. The number of fused-ring (bicyclic) bond motifs is 1. The molecule has 0 aromatic heterocycles. The third-order valence-electron chi connectivity index (χ3n) is 3.93. The molecule has 0 aliphatic carbocycles. The van der Waals surface area contributed by atoms with Gasteiger partial charge < -0.3 is 9.84 Å². The van der Waals surface area contributed by atoms with Crippen LogP contribution in [0.5, 0.6) is 11.5 Å². The molecular formula is C20H17BrO4. The number of phenols is 1. The molecule has 5 heteroatoms. The minimum absolute atomic E-state index is 0.0868. The summed E-state index contributed by atoms with van der Waals surface area (Å²) in [5.74, 6) is -0.361. The highest BCUT2D eigenvalue weighted by Crippen LogP contribution is 2.37. The first-order chi connectivity index (χ1) is 11.7. The minimum atomic E-state index is -0.621. The van der Waals surface area contributed by atoms with Gasteiger partial charge in [0, 0.05) is 10.5 Å². The second-order valence-corrected chi connectivity index (χ2v) is 7.49. The van der Waals surface area contributed by atoms with Gasteiger partial charge in [0.05, 0.1) is 17.5 Å². The first kappa shape index (κ1) is 17.4. The number of aromatic hydroxyl groups is 1. The van der Waals surface area contributed by atoms with Crippen LogP contribution in [-0.2, 0) is 0 Å². The van der Waals surface area contributed by atoms with E-state index in [0.29, 0.717) is 11.3 Å². The Hall–Kier alpha value is -2.40. The Kier molecular flexibility index (Phi) is 4.52. The molecule has 1 N–H and O–H groups in total. The van der Waals surface area contributed by atoms with Crippen LogP contribution in [0.15, 0.2) is 46.9 Å². The molecule has 25 heavy (non-hydrogen) atoms. The highest BCUT2D eigenvalue weighted by Gasteiger charge is 2.33. The largest absolute Gasteiger partial charge is 0.507 e. The number of carbonyl (C=O) groups excluding carboxylic acids is 2. The van der Waals surface area contributed by atoms with Gasteiger partial charge in [0.2, 0.25) is 0 Å². The summed E-state index contributed by atoms with van der Waals surface area (Å²) in [6.45, 7) is 3.62. The van der Waals surface area contributed by atoms with E-state index in [1.54, 1.807) is 6.08 Å². The van der Waals surface area contributed by atoms with Gasteiger partial charge in [0.15, 0.2) is 11.6 Å². The fraction of sp³-hybridized carbons (Fsp3) is 0.200. The number of carbonyl (C=O) groups is 2. The number of rotatable bonds is 3. The van der Waals surface area contributed by atoms with Crippen molar-refractivity contribution in [3.8, 4) is 11.5 Å². The van der Waals surface area contributed by atoms with Crippen molar-refractivity contribution in [1.82, 2.24) is 0 Å². The second-order valence-electron chi connectivity index (χ2n) is 6.58. The Labute approximate surface area is 154 Å². The average Bonchev–Trinajstić information content (AvgIpc) is 2.52. The van der Waals surface area contributed by atoms with E-state index in [0.717, 1.165) is 10.0 Å². The van der Waals surface area contributed by atoms with E-state index < -0.39 is 5.60 Å². The number of hydrogen-bond acceptors (Lipinski definition) is 4.